The largest absolute Gasteiger partial charge is 0.381 e. The monoisotopic (exact) mass is 467 g/mol. The number of nitrogens with zero attached hydrogens (tertiary/aromatic N) is 2. The average molecular weight is 467 g/mol. The zero-order valence-electron chi connectivity index (χ0n) is 16.3. The van der Waals surface area contributed by atoms with Crippen LogP contribution in [-0.2, 0) is 9.47 Å². The predicted molar refractivity (Wildman–Crippen MR) is 115 cm³/mol. The Labute approximate surface area is 171 Å². The van der Waals surface area contributed by atoms with Crippen molar-refractivity contribution in [1.29, 1.82) is 0 Å². The van der Waals surface area contributed by atoms with Crippen LogP contribution in [-0.4, -0.2) is 64.0 Å². The molecule has 25 heavy (non-hydrogen) atoms. The minimum Gasteiger partial charge on any atom is -0.381 e. The fraction of sp³-hybridized carbons (Fsp3) is 0.947. The van der Waals surface area contributed by atoms with E-state index in [9.17, 15) is 0 Å². The first-order valence-electron chi connectivity index (χ1n) is 9.80. The molecule has 0 aromatic carbocycles. The third kappa shape index (κ3) is 8.91. The number of guanidine groups is 1. The highest BCUT2D eigenvalue weighted by Gasteiger charge is 2.20. The van der Waals surface area contributed by atoms with Crippen LogP contribution in [0.2, 0.25) is 0 Å². The Hall–Kier alpha value is -0.0800. The molecule has 148 valence electrons. The quantitative estimate of drug-likeness (QED) is 0.269. The minimum atomic E-state index is 0. The molecule has 5 nitrogen and oxygen atoms in total. The lowest BCUT2D eigenvalue weighted by atomic mass is 9.83. The Morgan fingerprint density at radius 3 is 2.48 bits per heavy atom. The van der Waals surface area contributed by atoms with Gasteiger partial charge in [-0.1, -0.05) is 19.8 Å². The molecule has 2 fully saturated rings. The summed E-state index contributed by atoms with van der Waals surface area (Å²) < 4.78 is 11.3. The summed E-state index contributed by atoms with van der Waals surface area (Å²) in [7, 11) is 4.03. The summed E-state index contributed by atoms with van der Waals surface area (Å²) in [5.41, 5.74) is 0. The summed E-state index contributed by atoms with van der Waals surface area (Å²) in [6.45, 7) is 6.93. The van der Waals surface area contributed by atoms with E-state index in [0.717, 1.165) is 70.0 Å². The molecule has 0 atom stereocenters. The van der Waals surface area contributed by atoms with Gasteiger partial charge in [-0.15, -0.1) is 24.0 Å². The Kier molecular flexibility index (Phi) is 12.1. The smallest absolute Gasteiger partial charge is 0.193 e. The maximum atomic E-state index is 5.92. The van der Waals surface area contributed by atoms with Crippen molar-refractivity contribution in [3.63, 3.8) is 0 Å². The maximum Gasteiger partial charge on any atom is 0.193 e. The van der Waals surface area contributed by atoms with Crippen LogP contribution < -0.4 is 5.32 Å². The molecule has 0 spiro atoms. The van der Waals surface area contributed by atoms with Crippen molar-refractivity contribution in [2.45, 2.75) is 58.0 Å². The molecule has 2 aliphatic rings. The van der Waals surface area contributed by atoms with E-state index in [2.05, 4.69) is 29.2 Å². The molecule has 1 aliphatic carbocycles. The topological polar surface area (TPSA) is 46.1 Å². The molecule has 0 aromatic heterocycles. The molecule has 6 heteroatoms. The number of ether oxygens (including phenoxy) is 2. The van der Waals surface area contributed by atoms with E-state index < -0.39 is 0 Å². The highest BCUT2D eigenvalue weighted by atomic mass is 127. The van der Waals surface area contributed by atoms with Gasteiger partial charge in [0, 0.05) is 47.0 Å². The molecule has 2 rings (SSSR count). The standard InChI is InChI=1S/C19H37N3O2.HI/c1-16-5-7-17(8-6-16)15-22(3)19(20-2)21-11-4-12-24-18-9-13-23-14-10-18;/h16-18H,4-15H2,1-3H3,(H,20,21);1H. The van der Waals surface area contributed by atoms with Gasteiger partial charge in [-0.05, 0) is 43.9 Å². The zero-order valence-corrected chi connectivity index (χ0v) is 18.7. The van der Waals surface area contributed by atoms with Gasteiger partial charge in [0.2, 0.25) is 0 Å². The first kappa shape index (κ1) is 23.0. The van der Waals surface area contributed by atoms with E-state index in [1.165, 1.54) is 25.7 Å². The number of nitrogens with one attached hydrogen (secondary N) is 1. The molecule has 0 unspecified atom stereocenters. The first-order chi connectivity index (χ1) is 11.7. The fourth-order valence-electron chi connectivity index (χ4n) is 3.74. The summed E-state index contributed by atoms with van der Waals surface area (Å²) in [6.07, 6.45) is 8.99. The Morgan fingerprint density at radius 1 is 1.16 bits per heavy atom. The molecule has 1 heterocycles. The molecular formula is C19H38IN3O2. The molecular weight excluding hydrogens is 429 g/mol. The molecule has 1 N–H and O–H groups in total. The SMILES string of the molecule is CN=C(NCCCOC1CCOCC1)N(C)CC1CCC(C)CC1.I. The van der Waals surface area contributed by atoms with E-state index >= 15 is 0 Å². The molecule has 1 aliphatic heterocycles. The van der Waals surface area contributed by atoms with E-state index in [-0.39, 0.29) is 24.0 Å². The van der Waals surface area contributed by atoms with E-state index in [1.807, 2.05) is 7.05 Å². The van der Waals surface area contributed by atoms with E-state index in [0.29, 0.717) is 6.10 Å². The van der Waals surface area contributed by atoms with E-state index in [1.54, 1.807) is 0 Å². The Morgan fingerprint density at radius 2 is 1.84 bits per heavy atom. The second-order valence-corrected chi connectivity index (χ2v) is 7.52. The summed E-state index contributed by atoms with van der Waals surface area (Å²) in [4.78, 5) is 6.72. The first-order valence-corrected chi connectivity index (χ1v) is 9.80. The minimum absolute atomic E-state index is 0. The highest BCUT2D eigenvalue weighted by Crippen LogP contribution is 2.28. The van der Waals surface area contributed by atoms with Crippen LogP contribution in [0.4, 0.5) is 0 Å². The van der Waals surface area contributed by atoms with Gasteiger partial charge < -0.3 is 19.7 Å². The van der Waals surface area contributed by atoms with Crippen LogP contribution in [0, 0.1) is 11.8 Å². The summed E-state index contributed by atoms with van der Waals surface area (Å²) in [6, 6.07) is 0. The van der Waals surface area contributed by atoms with Gasteiger partial charge in [0.15, 0.2) is 5.96 Å². The van der Waals surface area contributed by atoms with Crippen molar-refractivity contribution in [2.24, 2.45) is 16.8 Å². The lowest BCUT2D eigenvalue weighted by Crippen LogP contribution is -2.42. The fourth-order valence-corrected chi connectivity index (χ4v) is 3.74. The lowest BCUT2D eigenvalue weighted by molar-refractivity contribution is -0.0320. The van der Waals surface area contributed by atoms with Gasteiger partial charge in [0.05, 0.1) is 6.10 Å². The lowest BCUT2D eigenvalue weighted by Gasteiger charge is -2.31. The maximum absolute atomic E-state index is 5.92. The van der Waals surface area contributed by atoms with Crippen LogP contribution >= 0.6 is 24.0 Å². The van der Waals surface area contributed by atoms with Crippen molar-refractivity contribution in [3.05, 3.63) is 0 Å². The predicted octanol–water partition coefficient (Wildman–Crippen LogP) is 3.52. The van der Waals surface area contributed by atoms with Gasteiger partial charge >= 0.3 is 0 Å². The number of rotatable bonds is 7. The van der Waals surface area contributed by atoms with Gasteiger partial charge in [0.1, 0.15) is 0 Å². The van der Waals surface area contributed by atoms with E-state index in [4.69, 9.17) is 9.47 Å². The normalized spacial score (nSPS) is 25.3. The summed E-state index contributed by atoms with van der Waals surface area (Å²) in [5.74, 6) is 2.75. The number of hydrogen-bond acceptors (Lipinski definition) is 3. The van der Waals surface area contributed by atoms with Crippen LogP contribution in [0.15, 0.2) is 4.99 Å². The molecule has 1 saturated heterocycles. The number of hydrogen-bond donors (Lipinski definition) is 1. The van der Waals surface area contributed by atoms with Gasteiger partial charge in [0.25, 0.3) is 0 Å². The van der Waals surface area contributed by atoms with Gasteiger partial charge in [-0.2, -0.15) is 0 Å². The zero-order chi connectivity index (χ0) is 17.2. The Balaban J connectivity index is 0.00000312. The molecule has 1 saturated carbocycles. The summed E-state index contributed by atoms with van der Waals surface area (Å²) in [5, 5.41) is 3.48. The van der Waals surface area contributed by atoms with Crippen LogP contribution in [0.25, 0.3) is 0 Å². The van der Waals surface area contributed by atoms with Gasteiger partial charge in [-0.25, -0.2) is 0 Å². The van der Waals surface area contributed by atoms with Crippen molar-refractivity contribution in [3.8, 4) is 0 Å². The second kappa shape index (κ2) is 13.1. The van der Waals surface area contributed by atoms with Crippen LogP contribution in [0.1, 0.15) is 51.9 Å². The van der Waals surface area contributed by atoms with Crippen molar-refractivity contribution in [1.82, 2.24) is 10.2 Å². The number of aliphatic imine (C=N–C) groups is 1. The third-order valence-electron chi connectivity index (χ3n) is 5.37. The average Bonchev–Trinajstić information content (AvgIpc) is 2.61. The van der Waals surface area contributed by atoms with Crippen LogP contribution in [0.5, 0.6) is 0 Å². The molecule has 0 amide bonds. The molecule has 0 radical (unpaired) electrons. The van der Waals surface area contributed by atoms with Crippen LogP contribution in [0.3, 0.4) is 0 Å². The third-order valence-corrected chi connectivity index (χ3v) is 5.37. The second-order valence-electron chi connectivity index (χ2n) is 7.52. The Bertz CT molecular complexity index is 368. The van der Waals surface area contributed by atoms with Crippen molar-refractivity contribution in [2.75, 3.05) is 47.0 Å². The van der Waals surface area contributed by atoms with Crippen molar-refractivity contribution >= 4 is 29.9 Å². The summed E-state index contributed by atoms with van der Waals surface area (Å²) >= 11 is 0. The molecule has 0 bridgehead atoms. The van der Waals surface area contributed by atoms with Crippen molar-refractivity contribution < 1.29 is 9.47 Å². The number of halogens is 1. The highest BCUT2D eigenvalue weighted by molar-refractivity contribution is 14.0. The molecule has 0 aromatic rings. The van der Waals surface area contributed by atoms with Gasteiger partial charge in [-0.3, -0.25) is 4.99 Å².